The van der Waals surface area contributed by atoms with Gasteiger partial charge in [-0.05, 0) is 17.7 Å². The van der Waals surface area contributed by atoms with Gasteiger partial charge in [0.2, 0.25) is 0 Å². The molecular formula is C17H15NO3. The molecule has 4 nitrogen and oxygen atoms in total. The van der Waals surface area contributed by atoms with Gasteiger partial charge in [-0.2, -0.15) is 0 Å². The number of hydrogen-bond acceptors (Lipinski definition) is 4. The van der Waals surface area contributed by atoms with Crippen LogP contribution in [0, 0.1) is 0 Å². The Hall–Kier alpha value is -2.75. The highest BCUT2D eigenvalue weighted by atomic mass is 16.5. The van der Waals surface area contributed by atoms with E-state index in [0.29, 0.717) is 28.3 Å². The highest BCUT2D eigenvalue weighted by molar-refractivity contribution is 6.39. The quantitative estimate of drug-likeness (QED) is 0.939. The summed E-state index contributed by atoms with van der Waals surface area (Å²) in [4.78, 5) is 12.6. The number of ether oxygens (including phenoxy) is 2. The first-order chi connectivity index (χ1) is 10.2. The standard InChI is InChI=1S/C17H15NO3/c1-20-13-8-7-10(9-14(13)21-2)15-16(18)11-5-3-4-6-12(11)17(15)19/h3-9H,18H2,1-2H3. The molecule has 2 aromatic rings. The minimum absolute atomic E-state index is 0.0599. The SMILES string of the molecule is COc1ccc(C2=C(N)c3ccccc3C2=O)cc1OC. The molecule has 0 fully saturated rings. The Labute approximate surface area is 122 Å². The molecule has 3 rings (SSSR count). The third kappa shape index (κ3) is 1.96. The molecule has 0 saturated heterocycles. The maximum absolute atomic E-state index is 12.6. The second-order valence-electron chi connectivity index (χ2n) is 4.73. The molecule has 0 atom stereocenters. The Bertz CT molecular complexity index is 762. The summed E-state index contributed by atoms with van der Waals surface area (Å²) >= 11 is 0. The van der Waals surface area contributed by atoms with E-state index in [1.807, 2.05) is 24.3 Å². The number of methoxy groups -OCH3 is 2. The number of hydrogen-bond donors (Lipinski definition) is 1. The van der Waals surface area contributed by atoms with Crippen molar-refractivity contribution in [2.75, 3.05) is 14.2 Å². The fourth-order valence-corrected chi connectivity index (χ4v) is 2.59. The minimum Gasteiger partial charge on any atom is -0.493 e. The van der Waals surface area contributed by atoms with E-state index in [-0.39, 0.29) is 5.78 Å². The van der Waals surface area contributed by atoms with Gasteiger partial charge in [-0.25, -0.2) is 0 Å². The van der Waals surface area contributed by atoms with Crippen LogP contribution < -0.4 is 15.2 Å². The molecule has 21 heavy (non-hydrogen) atoms. The Kier molecular flexibility index (Phi) is 3.14. The van der Waals surface area contributed by atoms with Crippen molar-refractivity contribution in [2.24, 2.45) is 5.73 Å². The van der Waals surface area contributed by atoms with Crippen molar-refractivity contribution in [1.82, 2.24) is 0 Å². The fourth-order valence-electron chi connectivity index (χ4n) is 2.59. The Morgan fingerprint density at radius 2 is 1.57 bits per heavy atom. The third-order valence-electron chi connectivity index (χ3n) is 3.63. The number of fused-ring (bicyclic) bond motifs is 1. The number of rotatable bonds is 3. The largest absolute Gasteiger partial charge is 0.493 e. The summed E-state index contributed by atoms with van der Waals surface area (Å²) in [6, 6.07) is 12.7. The van der Waals surface area contributed by atoms with Crippen LogP contribution in [0.4, 0.5) is 0 Å². The van der Waals surface area contributed by atoms with Gasteiger partial charge in [0.05, 0.1) is 25.5 Å². The van der Waals surface area contributed by atoms with Gasteiger partial charge in [0.25, 0.3) is 0 Å². The molecule has 0 aromatic heterocycles. The minimum atomic E-state index is -0.0599. The van der Waals surface area contributed by atoms with Crippen molar-refractivity contribution in [2.45, 2.75) is 0 Å². The molecule has 2 aromatic carbocycles. The number of allylic oxidation sites excluding steroid dienone is 1. The van der Waals surface area contributed by atoms with E-state index in [1.54, 1.807) is 32.4 Å². The first-order valence-electron chi connectivity index (χ1n) is 6.53. The molecule has 0 heterocycles. The van der Waals surface area contributed by atoms with Crippen LogP contribution in [-0.2, 0) is 0 Å². The normalized spacial score (nSPS) is 13.3. The predicted molar refractivity (Wildman–Crippen MR) is 81.3 cm³/mol. The third-order valence-corrected chi connectivity index (χ3v) is 3.63. The number of benzene rings is 2. The summed E-state index contributed by atoms with van der Waals surface area (Å²) in [5.41, 5.74) is 9.33. The Morgan fingerprint density at radius 1 is 0.905 bits per heavy atom. The zero-order valence-electron chi connectivity index (χ0n) is 11.8. The lowest BCUT2D eigenvalue weighted by Crippen LogP contribution is -2.01. The van der Waals surface area contributed by atoms with Crippen LogP contribution in [0.15, 0.2) is 42.5 Å². The summed E-state index contributed by atoms with van der Waals surface area (Å²) in [5.74, 6) is 1.12. The smallest absolute Gasteiger partial charge is 0.196 e. The van der Waals surface area contributed by atoms with Gasteiger partial charge >= 0.3 is 0 Å². The van der Waals surface area contributed by atoms with Crippen molar-refractivity contribution < 1.29 is 14.3 Å². The van der Waals surface area contributed by atoms with E-state index in [1.165, 1.54) is 0 Å². The molecule has 0 unspecified atom stereocenters. The molecule has 0 saturated carbocycles. The number of carbonyl (C=O) groups is 1. The number of Topliss-reactive ketones (excluding diaryl/α,β-unsaturated/α-hetero) is 1. The zero-order chi connectivity index (χ0) is 15.0. The van der Waals surface area contributed by atoms with Gasteiger partial charge in [0, 0.05) is 11.1 Å². The molecule has 4 heteroatoms. The fraction of sp³-hybridized carbons (Fsp3) is 0.118. The van der Waals surface area contributed by atoms with Crippen LogP contribution >= 0.6 is 0 Å². The maximum Gasteiger partial charge on any atom is 0.196 e. The average Bonchev–Trinajstić information content (AvgIpc) is 2.78. The highest BCUT2D eigenvalue weighted by Gasteiger charge is 2.29. The Balaban J connectivity index is 2.14. The van der Waals surface area contributed by atoms with E-state index in [0.717, 1.165) is 11.1 Å². The molecule has 2 N–H and O–H groups in total. The van der Waals surface area contributed by atoms with Gasteiger partial charge in [0.15, 0.2) is 17.3 Å². The molecular weight excluding hydrogens is 266 g/mol. The van der Waals surface area contributed by atoms with Crippen LogP contribution in [-0.4, -0.2) is 20.0 Å². The molecule has 0 bridgehead atoms. The molecule has 0 spiro atoms. The molecule has 106 valence electrons. The summed E-state index contributed by atoms with van der Waals surface area (Å²) in [6.45, 7) is 0. The maximum atomic E-state index is 12.6. The van der Waals surface area contributed by atoms with Crippen molar-refractivity contribution in [1.29, 1.82) is 0 Å². The second kappa shape index (κ2) is 4.98. The van der Waals surface area contributed by atoms with Crippen LogP contribution in [0.5, 0.6) is 11.5 Å². The number of carbonyl (C=O) groups excluding carboxylic acids is 1. The van der Waals surface area contributed by atoms with Gasteiger partial charge in [-0.3, -0.25) is 4.79 Å². The molecule has 1 aliphatic carbocycles. The van der Waals surface area contributed by atoms with E-state index in [4.69, 9.17) is 15.2 Å². The molecule has 1 aliphatic rings. The van der Waals surface area contributed by atoms with Crippen molar-refractivity contribution in [3.8, 4) is 11.5 Å². The summed E-state index contributed by atoms with van der Waals surface area (Å²) in [6.07, 6.45) is 0. The lowest BCUT2D eigenvalue weighted by molar-refractivity contribution is 0.105. The predicted octanol–water partition coefficient (Wildman–Crippen LogP) is 2.73. The molecule has 0 radical (unpaired) electrons. The van der Waals surface area contributed by atoms with Crippen LogP contribution in [0.3, 0.4) is 0 Å². The van der Waals surface area contributed by atoms with E-state index in [9.17, 15) is 4.79 Å². The average molecular weight is 281 g/mol. The molecule has 0 aliphatic heterocycles. The summed E-state index contributed by atoms with van der Waals surface area (Å²) < 4.78 is 10.5. The zero-order valence-corrected chi connectivity index (χ0v) is 11.8. The first-order valence-corrected chi connectivity index (χ1v) is 6.53. The van der Waals surface area contributed by atoms with E-state index < -0.39 is 0 Å². The summed E-state index contributed by atoms with van der Waals surface area (Å²) in [5, 5.41) is 0. The lowest BCUT2D eigenvalue weighted by atomic mass is 10.0. The topological polar surface area (TPSA) is 61.5 Å². The first kappa shape index (κ1) is 13.2. The van der Waals surface area contributed by atoms with Gasteiger partial charge in [-0.1, -0.05) is 30.3 Å². The monoisotopic (exact) mass is 281 g/mol. The highest BCUT2D eigenvalue weighted by Crippen LogP contribution is 2.38. The van der Waals surface area contributed by atoms with Crippen LogP contribution in [0.25, 0.3) is 11.3 Å². The van der Waals surface area contributed by atoms with E-state index in [2.05, 4.69) is 0 Å². The van der Waals surface area contributed by atoms with Crippen molar-refractivity contribution in [3.05, 3.63) is 59.2 Å². The lowest BCUT2D eigenvalue weighted by Gasteiger charge is -2.10. The van der Waals surface area contributed by atoms with Crippen LogP contribution in [0.2, 0.25) is 0 Å². The Morgan fingerprint density at radius 3 is 2.19 bits per heavy atom. The second-order valence-corrected chi connectivity index (χ2v) is 4.73. The van der Waals surface area contributed by atoms with E-state index >= 15 is 0 Å². The number of nitrogens with two attached hydrogens (primary N) is 1. The summed E-state index contributed by atoms with van der Waals surface area (Å²) in [7, 11) is 3.13. The number of ketones is 1. The molecule has 0 amide bonds. The van der Waals surface area contributed by atoms with Crippen LogP contribution in [0.1, 0.15) is 21.5 Å². The van der Waals surface area contributed by atoms with Gasteiger partial charge in [0.1, 0.15) is 0 Å². The van der Waals surface area contributed by atoms with Crippen molar-refractivity contribution in [3.63, 3.8) is 0 Å². The van der Waals surface area contributed by atoms with Crippen molar-refractivity contribution >= 4 is 17.1 Å². The van der Waals surface area contributed by atoms with Gasteiger partial charge < -0.3 is 15.2 Å². The van der Waals surface area contributed by atoms with Gasteiger partial charge in [-0.15, -0.1) is 0 Å².